The van der Waals surface area contributed by atoms with Gasteiger partial charge in [-0.2, -0.15) is 4.57 Å². The minimum atomic E-state index is 0. The molecule has 12 heavy (non-hydrogen) atoms. The van der Waals surface area contributed by atoms with Crippen molar-refractivity contribution in [2.24, 2.45) is 7.05 Å². The van der Waals surface area contributed by atoms with Gasteiger partial charge in [0.15, 0.2) is 0 Å². The fraction of sp³-hybridized carbons (Fsp3) is 0.222. The second-order valence-electron chi connectivity index (χ2n) is 2.65. The van der Waals surface area contributed by atoms with Gasteiger partial charge in [0.25, 0.3) is 0 Å². The van der Waals surface area contributed by atoms with E-state index in [4.69, 9.17) is 0 Å². The first-order valence-electron chi connectivity index (χ1n) is 3.63. The standard InChI is InChI=1S/C9H10NS.ClH/c1-7-10(2)8-5-3-4-6-9(8)11-7;/h3-6H,1-2H3;1H/q+1;/p-1. The molecule has 0 fully saturated rings. The number of hydrogen-bond donors (Lipinski definition) is 0. The largest absolute Gasteiger partial charge is 1.00 e. The Morgan fingerprint density at radius 2 is 1.92 bits per heavy atom. The van der Waals surface area contributed by atoms with E-state index in [0.29, 0.717) is 0 Å². The highest BCUT2D eigenvalue weighted by molar-refractivity contribution is 7.18. The van der Waals surface area contributed by atoms with Crippen LogP contribution in [0.5, 0.6) is 0 Å². The predicted octanol–water partition coefficient (Wildman–Crippen LogP) is -0.962. The molecule has 2 rings (SSSR count). The highest BCUT2D eigenvalue weighted by Gasteiger charge is 2.10. The Morgan fingerprint density at radius 3 is 2.58 bits per heavy atom. The van der Waals surface area contributed by atoms with Crippen molar-refractivity contribution in [1.82, 2.24) is 0 Å². The SMILES string of the molecule is Cc1sc2ccccc2[n+]1C.[Cl-]. The van der Waals surface area contributed by atoms with E-state index in [9.17, 15) is 0 Å². The van der Waals surface area contributed by atoms with Crippen LogP contribution in [0.15, 0.2) is 24.3 Å². The lowest BCUT2D eigenvalue weighted by molar-refractivity contribution is -0.646. The molecular weight excluding hydrogens is 190 g/mol. The normalized spacial score (nSPS) is 9.83. The first-order chi connectivity index (χ1) is 5.29. The van der Waals surface area contributed by atoms with Crippen molar-refractivity contribution in [2.75, 3.05) is 0 Å². The Balaban J connectivity index is 0.000000720. The summed E-state index contributed by atoms with van der Waals surface area (Å²) in [5.74, 6) is 0. The molecule has 0 amide bonds. The van der Waals surface area contributed by atoms with Crippen LogP contribution in [-0.2, 0) is 7.05 Å². The molecule has 0 bridgehead atoms. The second kappa shape index (κ2) is 3.42. The number of benzene rings is 1. The van der Waals surface area contributed by atoms with Gasteiger partial charge in [0.1, 0.15) is 11.7 Å². The zero-order valence-electron chi connectivity index (χ0n) is 7.04. The fourth-order valence-electron chi connectivity index (χ4n) is 1.22. The molecule has 1 nitrogen and oxygen atoms in total. The molecular formula is C9H10ClNS. The molecule has 0 radical (unpaired) electrons. The lowest BCUT2D eigenvalue weighted by Crippen LogP contribution is -3.00. The molecule has 0 saturated heterocycles. The molecule has 1 aromatic carbocycles. The zero-order chi connectivity index (χ0) is 7.84. The molecule has 0 aliphatic heterocycles. The molecule has 64 valence electrons. The van der Waals surface area contributed by atoms with E-state index in [1.165, 1.54) is 15.2 Å². The smallest absolute Gasteiger partial charge is 0.234 e. The van der Waals surface area contributed by atoms with Gasteiger partial charge in [-0.3, -0.25) is 0 Å². The Kier molecular flexibility index (Phi) is 2.70. The third-order valence-corrected chi connectivity index (χ3v) is 3.09. The van der Waals surface area contributed by atoms with Crippen LogP contribution in [0, 0.1) is 6.92 Å². The van der Waals surface area contributed by atoms with E-state index >= 15 is 0 Å². The molecule has 0 aliphatic carbocycles. The molecule has 2 aromatic rings. The maximum atomic E-state index is 2.22. The van der Waals surface area contributed by atoms with Crippen molar-refractivity contribution in [2.45, 2.75) is 6.92 Å². The summed E-state index contributed by atoms with van der Waals surface area (Å²) >= 11 is 1.84. The van der Waals surface area contributed by atoms with Crippen molar-refractivity contribution in [3.63, 3.8) is 0 Å². The van der Waals surface area contributed by atoms with Crippen LogP contribution in [-0.4, -0.2) is 0 Å². The summed E-state index contributed by atoms with van der Waals surface area (Å²) in [5, 5.41) is 1.35. The third kappa shape index (κ3) is 1.32. The molecule has 0 aliphatic rings. The van der Waals surface area contributed by atoms with Gasteiger partial charge in [0.05, 0.1) is 0 Å². The zero-order valence-corrected chi connectivity index (χ0v) is 8.62. The topological polar surface area (TPSA) is 3.88 Å². The first kappa shape index (κ1) is 9.49. The van der Waals surface area contributed by atoms with Crippen LogP contribution in [0.4, 0.5) is 0 Å². The number of thiazole rings is 1. The minimum absolute atomic E-state index is 0. The van der Waals surface area contributed by atoms with E-state index in [1.807, 2.05) is 11.3 Å². The average molecular weight is 200 g/mol. The van der Waals surface area contributed by atoms with E-state index in [1.54, 1.807) is 0 Å². The summed E-state index contributed by atoms with van der Waals surface area (Å²) < 4.78 is 3.59. The number of fused-ring (bicyclic) bond motifs is 1. The van der Waals surface area contributed by atoms with Crippen LogP contribution < -0.4 is 17.0 Å². The molecule has 1 aromatic heterocycles. The van der Waals surface area contributed by atoms with E-state index in [2.05, 4.69) is 42.8 Å². The Bertz CT molecular complexity index is 394. The van der Waals surface area contributed by atoms with Gasteiger partial charge in [0, 0.05) is 13.0 Å². The maximum Gasteiger partial charge on any atom is 0.234 e. The predicted molar refractivity (Wildman–Crippen MR) is 47.7 cm³/mol. The van der Waals surface area contributed by atoms with E-state index in [0.717, 1.165) is 0 Å². The number of aryl methyl sites for hydroxylation is 2. The summed E-state index contributed by atoms with van der Waals surface area (Å²) in [6.45, 7) is 2.14. The highest BCUT2D eigenvalue weighted by atomic mass is 35.5. The van der Waals surface area contributed by atoms with Gasteiger partial charge < -0.3 is 12.4 Å². The van der Waals surface area contributed by atoms with Crippen LogP contribution in [0.1, 0.15) is 5.01 Å². The van der Waals surface area contributed by atoms with Crippen molar-refractivity contribution >= 4 is 21.6 Å². The number of hydrogen-bond acceptors (Lipinski definition) is 1. The van der Waals surface area contributed by atoms with Crippen molar-refractivity contribution in [1.29, 1.82) is 0 Å². The van der Waals surface area contributed by atoms with Crippen LogP contribution in [0.3, 0.4) is 0 Å². The van der Waals surface area contributed by atoms with Gasteiger partial charge in [-0.25, -0.2) is 0 Å². The lowest BCUT2D eigenvalue weighted by Gasteiger charge is -1.82. The Hall–Kier alpha value is -0.600. The fourth-order valence-corrected chi connectivity index (χ4v) is 2.23. The van der Waals surface area contributed by atoms with Crippen LogP contribution in [0.25, 0.3) is 10.2 Å². The third-order valence-electron chi connectivity index (χ3n) is 1.96. The molecule has 0 atom stereocenters. The number of aromatic nitrogens is 1. The Morgan fingerprint density at radius 1 is 1.25 bits per heavy atom. The first-order valence-corrected chi connectivity index (χ1v) is 4.45. The van der Waals surface area contributed by atoms with Gasteiger partial charge in [-0.1, -0.05) is 23.5 Å². The summed E-state index contributed by atoms with van der Waals surface area (Å²) in [5.41, 5.74) is 1.33. The molecule has 0 unspecified atom stereocenters. The molecule has 0 saturated carbocycles. The van der Waals surface area contributed by atoms with E-state index < -0.39 is 0 Å². The number of nitrogens with zero attached hydrogens (tertiary/aromatic N) is 1. The maximum absolute atomic E-state index is 2.22. The lowest BCUT2D eigenvalue weighted by atomic mass is 10.3. The van der Waals surface area contributed by atoms with Gasteiger partial charge in [0.2, 0.25) is 10.5 Å². The number of halogens is 1. The van der Waals surface area contributed by atoms with Crippen molar-refractivity contribution < 1.29 is 17.0 Å². The van der Waals surface area contributed by atoms with Gasteiger partial charge in [-0.05, 0) is 6.07 Å². The second-order valence-corrected chi connectivity index (χ2v) is 3.88. The average Bonchev–Trinajstić information content (AvgIpc) is 2.30. The highest BCUT2D eigenvalue weighted by Crippen LogP contribution is 2.17. The summed E-state index contributed by atoms with van der Waals surface area (Å²) in [4.78, 5) is 0. The monoisotopic (exact) mass is 199 g/mol. The molecule has 0 N–H and O–H groups in total. The number of rotatable bonds is 0. The van der Waals surface area contributed by atoms with Crippen molar-refractivity contribution in [3.05, 3.63) is 29.3 Å². The molecule has 1 heterocycles. The van der Waals surface area contributed by atoms with Crippen LogP contribution in [0.2, 0.25) is 0 Å². The quantitative estimate of drug-likeness (QED) is 0.482. The van der Waals surface area contributed by atoms with E-state index in [-0.39, 0.29) is 12.4 Å². The van der Waals surface area contributed by atoms with Gasteiger partial charge >= 0.3 is 0 Å². The minimum Gasteiger partial charge on any atom is -1.00 e. The van der Waals surface area contributed by atoms with Crippen LogP contribution >= 0.6 is 11.3 Å². The summed E-state index contributed by atoms with van der Waals surface area (Å²) in [6, 6.07) is 8.47. The molecule has 0 spiro atoms. The Labute approximate surface area is 82.1 Å². The van der Waals surface area contributed by atoms with Crippen molar-refractivity contribution in [3.8, 4) is 0 Å². The van der Waals surface area contributed by atoms with Gasteiger partial charge in [-0.15, -0.1) is 0 Å². The summed E-state index contributed by atoms with van der Waals surface area (Å²) in [6.07, 6.45) is 0. The molecule has 3 heteroatoms. The number of para-hydroxylation sites is 1. The summed E-state index contributed by atoms with van der Waals surface area (Å²) in [7, 11) is 2.11.